The lowest BCUT2D eigenvalue weighted by atomic mass is 10.0. The molecular formula is C28H23Cl2N3O4. The minimum atomic E-state index is -0.468. The first kappa shape index (κ1) is 26.0. The molecule has 0 unspecified atom stereocenters. The molecule has 0 heterocycles. The van der Waals surface area contributed by atoms with Crippen LogP contribution >= 0.6 is 23.2 Å². The number of hydrogen-bond acceptors (Lipinski definition) is 5. The molecule has 0 radical (unpaired) electrons. The minimum absolute atomic E-state index is 0.0773. The van der Waals surface area contributed by atoms with Crippen LogP contribution in [0.4, 0.5) is 0 Å². The zero-order valence-electron chi connectivity index (χ0n) is 19.6. The fourth-order valence-corrected chi connectivity index (χ4v) is 3.90. The van der Waals surface area contributed by atoms with Crippen LogP contribution in [0.3, 0.4) is 0 Å². The molecule has 0 bridgehead atoms. The number of nitrogens with one attached hydrogen (secondary N) is 2. The molecule has 0 saturated carbocycles. The van der Waals surface area contributed by atoms with E-state index in [1.165, 1.54) is 24.4 Å². The number of benzene rings is 4. The first-order valence-corrected chi connectivity index (χ1v) is 12.1. The van der Waals surface area contributed by atoms with Gasteiger partial charge in [0.2, 0.25) is 0 Å². The van der Waals surface area contributed by atoms with Crippen molar-refractivity contribution in [1.82, 2.24) is 10.7 Å². The molecule has 7 nitrogen and oxygen atoms in total. The van der Waals surface area contributed by atoms with Gasteiger partial charge in [0, 0.05) is 28.1 Å². The van der Waals surface area contributed by atoms with Gasteiger partial charge in [0.25, 0.3) is 11.8 Å². The average molecular weight is 536 g/mol. The van der Waals surface area contributed by atoms with Gasteiger partial charge in [-0.25, -0.2) is 5.43 Å². The number of hydrogen-bond donors (Lipinski definition) is 3. The predicted molar refractivity (Wildman–Crippen MR) is 146 cm³/mol. The zero-order chi connectivity index (χ0) is 26.2. The summed E-state index contributed by atoms with van der Waals surface area (Å²) in [7, 11) is 0. The highest BCUT2D eigenvalue weighted by atomic mass is 35.5. The van der Waals surface area contributed by atoms with Gasteiger partial charge < -0.3 is 15.2 Å². The SMILES string of the molecule is O=C(COc1ccc(C=NNC(=O)c2ccc(O)c(Cl)c2)c2ccccc12)NCCc1ccc(Cl)cc1. The molecule has 4 aromatic rings. The first-order valence-electron chi connectivity index (χ1n) is 11.4. The van der Waals surface area contributed by atoms with Crippen molar-refractivity contribution in [3.05, 3.63) is 106 Å². The monoisotopic (exact) mass is 535 g/mol. The maximum Gasteiger partial charge on any atom is 0.271 e. The van der Waals surface area contributed by atoms with E-state index in [4.69, 9.17) is 27.9 Å². The second kappa shape index (κ2) is 12.3. The summed E-state index contributed by atoms with van der Waals surface area (Å²) >= 11 is 11.8. The number of fused-ring (bicyclic) bond motifs is 1. The third-order valence-corrected chi connectivity index (χ3v) is 6.06. The van der Waals surface area contributed by atoms with Gasteiger partial charge in [-0.05, 0) is 59.8 Å². The third kappa shape index (κ3) is 7.00. The van der Waals surface area contributed by atoms with Crippen molar-refractivity contribution in [1.29, 1.82) is 0 Å². The summed E-state index contributed by atoms with van der Waals surface area (Å²) in [5.74, 6) is -0.237. The highest BCUT2D eigenvalue weighted by Crippen LogP contribution is 2.28. The van der Waals surface area contributed by atoms with Crippen LogP contribution in [0.5, 0.6) is 11.5 Å². The summed E-state index contributed by atoms with van der Waals surface area (Å²) in [4.78, 5) is 24.6. The van der Waals surface area contributed by atoms with E-state index < -0.39 is 5.91 Å². The highest BCUT2D eigenvalue weighted by molar-refractivity contribution is 6.32. The van der Waals surface area contributed by atoms with E-state index in [-0.39, 0.29) is 28.8 Å². The first-order chi connectivity index (χ1) is 17.9. The molecule has 188 valence electrons. The summed E-state index contributed by atoms with van der Waals surface area (Å²) in [6, 6.07) is 22.7. The van der Waals surface area contributed by atoms with Crippen LogP contribution in [0.1, 0.15) is 21.5 Å². The fraction of sp³-hybridized carbons (Fsp3) is 0.107. The summed E-state index contributed by atoms with van der Waals surface area (Å²) in [6.07, 6.45) is 2.21. The smallest absolute Gasteiger partial charge is 0.271 e. The molecule has 0 atom stereocenters. The number of halogens is 2. The highest BCUT2D eigenvalue weighted by Gasteiger charge is 2.10. The zero-order valence-corrected chi connectivity index (χ0v) is 21.1. The van der Waals surface area contributed by atoms with Crippen LogP contribution in [0.15, 0.2) is 84.0 Å². The molecule has 4 rings (SSSR count). The van der Waals surface area contributed by atoms with Crippen molar-refractivity contribution in [2.24, 2.45) is 5.10 Å². The van der Waals surface area contributed by atoms with Gasteiger partial charge in [-0.15, -0.1) is 0 Å². The molecule has 0 aliphatic rings. The standard InChI is InChI=1S/C28H23Cl2N3O4/c29-21-9-5-18(6-10-21)13-14-31-27(35)17-37-26-12-8-20(22-3-1-2-4-23(22)26)16-32-33-28(36)19-7-11-25(34)24(30)15-19/h1-12,15-16,34H,13-14,17H2,(H,31,35)(H,33,36). The van der Waals surface area contributed by atoms with E-state index in [0.717, 1.165) is 21.9 Å². The number of aromatic hydroxyl groups is 1. The lowest BCUT2D eigenvalue weighted by Crippen LogP contribution is -2.30. The number of ether oxygens (including phenoxy) is 1. The van der Waals surface area contributed by atoms with Gasteiger partial charge in [-0.3, -0.25) is 9.59 Å². The molecule has 0 aliphatic heterocycles. The number of hydrazone groups is 1. The van der Waals surface area contributed by atoms with Crippen molar-refractivity contribution in [2.45, 2.75) is 6.42 Å². The molecule has 9 heteroatoms. The van der Waals surface area contributed by atoms with Crippen LogP contribution in [0.25, 0.3) is 10.8 Å². The topological polar surface area (TPSA) is 100 Å². The Balaban J connectivity index is 1.36. The second-order valence-electron chi connectivity index (χ2n) is 8.08. The lowest BCUT2D eigenvalue weighted by molar-refractivity contribution is -0.123. The van der Waals surface area contributed by atoms with E-state index in [9.17, 15) is 14.7 Å². The van der Waals surface area contributed by atoms with E-state index in [1.54, 1.807) is 12.1 Å². The third-order valence-electron chi connectivity index (χ3n) is 5.51. The van der Waals surface area contributed by atoms with Gasteiger partial charge in [0.1, 0.15) is 11.5 Å². The molecule has 2 amide bonds. The Morgan fingerprint density at radius 1 is 0.946 bits per heavy atom. The molecule has 0 saturated heterocycles. The van der Waals surface area contributed by atoms with Gasteiger partial charge in [0.05, 0.1) is 11.2 Å². The Labute approximate surface area is 223 Å². The number of rotatable bonds is 9. The lowest BCUT2D eigenvalue weighted by Gasteiger charge is -2.11. The van der Waals surface area contributed by atoms with E-state index >= 15 is 0 Å². The number of carbonyl (C=O) groups is 2. The Morgan fingerprint density at radius 3 is 2.46 bits per heavy atom. The molecule has 0 aromatic heterocycles. The van der Waals surface area contributed by atoms with Crippen molar-refractivity contribution >= 4 is 52.0 Å². The maximum absolute atomic E-state index is 12.3. The summed E-state index contributed by atoms with van der Waals surface area (Å²) in [5.41, 5.74) is 4.54. The number of phenols is 1. The molecular weight excluding hydrogens is 513 g/mol. The predicted octanol–water partition coefficient (Wildman–Crippen LogP) is 5.35. The van der Waals surface area contributed by atoms with Crippen LogP contribution in [-0.4, -0.2) is 36.3 Å². The van der Waals surface area contributed by atoms with Gasteiger partial charge >= 0.3 is 0 Å². The van der Waals surface area contributed by atoms with E-state index in [1.807, 2.05) is 48.5 Å². The largest absolute Gasteiger partial charge is 0.506 e. The molecule has 0 aliphatic carbocycles. The van der Waals surface area contributed by atoms with E-state index in [0.29, 0.717) is 23.7 Å². The van der Waals surface area contributed by atoms with Crippen molar-refractivity contribution in [3.8, 4) is 11.5 Å². The molecule has 3 N–H and O–H groups in total. The van der Waals surface area contributed by atoms with Crippen molar-refractivity contribution in [2.75, 3.05) is 13.2 Å². The quantitative estimate of drug-likeness (QED) is 0.198. The van der Waals surface area contributed by atoms with Gasteiger partial charge in [-0.2, -0.15) is 5.10 Å². The second-order valence-corrected chi connectivity index (χ2v) is 8.92. The number of nitrogens with zero attached hydrogens (tertiary/aromatic N) is 1. The minimum Gasteiger partial charge on any atom is -0.506 e. The Morgan fingerprint density at radius 2 is 1.70 bits per heavy atom. The van der Waals surface area contributed by atoms with Crippen LogP contribution in [-0.2, 0) is 11.2 Å². The van der Waals surface area contributed by atoms with Crippen molar-refractivity contribution in [3.63, 3.8) is 0 Å². The van der Waals surface area contributed by atoms with Crippen LogP contribution < -0.4 is 15.5 Å². The van der Waals surface area contributed by atoms with E-state index in [2.05, 4.69) is 15.8 Å². The number of phenolic OH excluding ortho intramolecular Hbond substituents is 1. The van der Waals surface area contributed by atoms with Crippen LogP contribution in [0.2, 0.25) is 10.0 Å². The Kier molecular flexibility index (Phi) is 8.61. The van der Waals surface area contributed by atoms with Gasteiger partial charge in [0.15, 0.2) is 6.61 Å². The Bertz CT molecular complexity index is 1460. The summed E-state index contributed by atoms with van der Waals surface area (Å²) in [5, 5.41) is 18.8. The molecule has 4 aromatic carbocycles. The normalized spacial score (nSPS) is 11.0. The maximum atomic E-state index is 12.3. The Hall–Kier alpha value is -4.07. The molecule has 0 spiro atoms. The van der Waals surface area contributed by atoms with Crippen molar-refractivity contribution < 1.29 is 19.4 Å². The van der Waals surface area contributed by atoms with Gasteiger partial charge in [-0.1, -0.05) is 59.6 Å². The number of amides is 2. The summed E-state index contributed by atoms with van der Waals surface area (Å²) in [6.45, 7) is 0.366. The number of carbonyl (C=O) groups excluding carboxylic acids is 2. The molecule has 37 heavy (non-hydrogen) atoms. The van der Waals surface area contributed by atoms with Crippen LogP contribution in [0, 0.1) is 0 Å². The average Bonchev–Trinajstić information content (AvgIpc) is 2.90. The molecule has 0 fully saturated rings. The fourth-order valence-electron chi connectivity index (χ4n) is 3.60. The summed E-state index contributed by atoms with van der Waals surface area (Å²) < 4.78 is 5.80.